The lowest BCUT2D eigenvalue weighted by Gasteiger charge is -2.38. The van der Waals surface area contributed by atoms with E-state index >= 15 is 0 Å². The number of furan rings is 1. The molecule has 2 aromatic rings. The minimum atomic E-state index is -1.08. The Labute approximate surface area is 132 Å². The van der Waals surface area contributed by atoms with Gasteiger partial charge in [0.15, 0.2) is 5.54 Å². The fourth-order valence-corrected chi connectivity index (χ4v) is 2.83. The van der Waals surface area contributed by atoms with Crippen LogP contribution in [0.1, 0.15) is 18.6 Å². The van der Waals surface area contributed by atoms with Crippen LogP contribution in [0.15, 0.2) is 41.3 Å². The van der Waals surface area contributed by atoms with Gasteiger partial charge in [0.2, 0.25) is 0 Å². The van der Waals surface area contributed by atoms with Gasteiger partial charge in [-0.1, -0.05) is 0 Å². The van der Waals surface area contributed by atoms with E-state index in [-0.39, 0.29) is 6.03 Å². The van der Waals surface area contributed by atoms with Crippen molar-refractivity contribution in [3.63, 3.8) is 0 Å². The predicted molar refractivity (Wildman–Crippen MR) is 79.6 cm³/mol. The number of carboxylic acids is 1. The minimum absolute atomic E-state index is 0.221. The summed E-state index contributed by atoms with van der Waals surface area (Å²) < 4.78 is 6.64. The van der Waals surface area contributed by atoms with Crippen LogP contribution in [0.25, 0.3) is 0 Å². The molecule has 1 aliphatic heterocycles. The van der Waals surface area contributed by atoms with E-state index in [2.05, 4.69) is 10.4 Å². The zero-order chi connectivity index (χ0) is 16.3. The maximum absolute atomic E-state index is 12.2. The third-order valence-corrected chi connectivity index (χ3v) is 4.21. The van der Waals surface area contributed by atoms with Crippen molar-refractivity contribution in [1.82, 2.24) is 20.0 Å². The van der Waals surface area contributed by atoms with Gasteiger partial charge in [-0.15, -0.1) is 0 Å². The van der Waals surface area contributed by atoms with Crippen molar-refractivity contribution in [1.29, 1.82) is 0 Å². The van der Waals surface area contributed by atoms with Crippen molar-refractivity contribution in [2.75, 3.05) is 13.1 Å². The monoisotopic (exact) mass is 318 g/mol. The number of hydrogen-bond acceptors (Lipinski definition) is 4. The number of likely N-dealkylation sites (tertiary alicyclic amines) is 1. The summed E-state index contributed by atoms with van der Waals surface area (Å²) in [6, 6.07) is 5.02. The molecule has 0 radical (unpaired) electrons. The zero-order valence-electron chi connectivity index (χ0n) is 12.5. The van der Waals surface area contributed by atoms with Gasteiger partial charge in [0.1, 0.15) is 5.76 Å². The maximum atomic E-state index is 12.2. The molecule has 0 atom stereocenters. The fraction of sp³-hybridized carbons (Fsp3) is 0.400. The van der Waals surface area contributed by atoms with Gasteiger partial charge < -0.3 is 19.7 Å². The zero-order valence-corrected chi connectivity index (χ0v) is 12.5. The van der Waals surface area contributed by atoms with Crippen LogP contribution in [-0.4, -0.2) is 44.9 Å². The number of aliphatic carboxylic acids is 1. The molecule has 1 fully saturated rings. The molecule has 2 N–H and O–H groups in total. The van der Waals surface area contributed by atoms with E-state index in [0.29, 0.717) is 38.2 Å². The predicted octanol–water partition coefficient (Wildman–Crippen LogP) is 1.26. The molecule has 23 heavy (non-hydrogen) atoms. The molecule has 0 spiro atoms. The lowest BCUT2D eigenvalue weighted by molar-refractivity contribution is -0.150. The summed E-state index contributed by atoms with van der Waals surface area (Å²) in [5.74, 6) is -0.247. The molecule has 0 unspecified atom stereocenters. The number of rotatable bonds is 4. The summed E-state index contributed by atoms with van der Waals surface area (Å²) in [6.45, 7) is 1.03. The van der Waals surface area contributed by atoms with Crippen molar-refractivity contribution in [2.24, 2.45) is 0 Å². The van der Waals surface area contributed by atoms with E-state index in [1.54, 1.807) is 41.8 Å². The summed E-state index contributed by atoms with van der Waals surface area (Å²) >= 11 is 0. The van der Waals surface area contributed by atoms with Crippen LogP contribution < -0.4 is 5.32 Å². The number of carbonyl (C=O) groups excluding carboxylic acids is 1. The van der Waals surface area contributed by atoms with Gasteiger partial charge in [-0.25, -0.2) is 9.59 Å². The second kappa shape index (κ2) is 6.15. The Hall–Kier alpha value is -2.77. The topological polar surface area (TPSA) is 101 Å². The molecular formula is C15H18N4O4. The fourth-order valence-electron chi connectivity index (χ4n) is 2.83. The first-order valence-electron chi connectivity index (χ1n) is 7.40. The number of nitrogens with zero attached hydrogens (tertiary/aromatic N) is 3. The van der Waals surface area contributed by atoms with Crippen molar-refractivity contribution < 1.29 is 19.1 Å². The average molecular weight is 318 g/mol. The number of carboxylic acid groups (broad SMARTS) is 1. The highest BCUT2D eigenvalue weighted by atomic mass is 16.4. The molecule has 0 saturated carbocycles. The van der Waals surface area contributed by atoms with Gasteiger partial charge >= 0.3 is 12.0 Å². The number of nitrogens with one attached hydrogen (secondary N) is 1. The van der Waals surface area contributed by atoms with Crippen molar-refractivity contribution in [3.8, 4) is 0 Å². The normalized spacial score (nSPS) is 17.0. The van der Waals surface area contributed by atoms with Crippen LogP contribution in [0.5, 0.6) is 0 Å². The molecule has 8 heteroatoms. The number of amides is 2. The van der Waals surface area contributed by atoms with Gasteiger partial charge in [-0.2, -0.15) is 5.10 Å². The van der Waals surface area contributed by atoms with Crippen molar-refractivity contribution in [3.05, 3.63) is 42.6 Å². The Kier molecular flexibility index (Phi) is 4.05. The average Bonchev–Trinajstić information content (AvgIpc) is 3.26. The standard InChI is InChI=1S/C15H18N4O4/c20-13(21)15(19-7-2-6-17-19)4-8-18(9-5-15)14(22)16-11-12-3-1-10-23-12/h1-3,6-7,10H,4-5,8-9,11H2,(H,16,22)(H,20,21). The highest BCUT2D eigenvalue weighted by Gasteiger charge is 2.44. The van der Waals surface area contributed by atoms with E-state index in [9.17, 15) is 14.7 Å². The molecule has 8 nitrogen and oxygen atoms in total. The van der Waals surface area contributed by atoms with Crippen LogP contribution in [-0.2, 0) is 16.9 Å². The molecule has 3 rings (SSSR count). The van der Waals surface area contributed by atoms with Gasteiger partial charge in [-0.3, -0.25) is 4.68 Å². The molecule has 122 valence electrons. The van der Waals surface area contributed by atoms with E-state index in [0.717, 1.165) is 0 Å². The van der Waals surface area contributed by atoms with Gasteiger partial charge in [-0.05, 0) is 18.2 Å². The number of urea groups is 1. The largest absolute Gasteiger partial charge is 0.479 e. The smallest absolute Gasteiger partial charge is 0.331 e. The van der Waals surface area contributed by atoms with E-state index in [4.69, 9.17) is 4.42 Å². The second-order valence-electron chi connectivity index (χ2n) is 5.51. The summed E-state index contributed by atoms with van der Waals surface area (Å²) in [4.78, 5) is 25.5. The van der Waals surface area contributed by atoms with Crippen molar-refractivity contribution >= 4 is 12.0 Å². The SMILES string of the molecule is O=C(NCc1ccco1)N1CCC(C(=O)O)(n2cccn2)CC1. The Morgan fingerprint density at radius 3 is 2.70 bits per heavy atom. The highest BCUT2D eigenvalue weighted by Crippen LogP contribution is 2.30. The third-order valence-electron chi connectivity index (χ3n) is 4.21. The first kappa shape index (κ1) is 15.1. The molecule has 2 aromatic heterocycles. The Balaban J connectivity index is 1.60. The third kappa shape index (κ3) is 2.92. The minimum Gasteiger partial charge on any atom is -0.479 e. The summed E-state index contributed by atoms with van der Waals surface area (Å²) in [5, 5.41) is 16.5. The van der Waals surface area contributed by atoms with Crippen LogP contribution in [0.3, 0.4) is 0 Å². The number of aromatic nitrogens is 2. The Morgan fingerprint density at radius 1 is 1.35 bits per heavy atom. The Morgan fingerprint density at radius 2 is 2.13 bits per heavy atom. The van der Waals surface area contributed by atoms with Crippen molar-refractivity contribution in [2.45, 2.75) is 24.9 Å². The van der Waals surface area contributed by atoms with Crippen LogP contribution in [0.2, 0.25) is 0 Å². The molecule has 1 aliphatic rings. The summed E-state index contributed by atoms with van der Waals surface area (Å²) in [7, 11) is 0. The molecule has 0 aliphatic carbocycles. The molecule has 0 bridgehead atoms. The van der Waals surface area contributed by atoms with E-state index in [1.807, 2.05) is 0 Å². The van der Waals surface area contributed by atoms with Crippen LogP contribution in [0, 0.1) is 0 Å². The highest BCUT2D eigenvalue weighted by molar-refractivity contribution is 5.78. The van der Waals surface area contributed by atoms with Crippen LogP contribution in [0.4, 0.5) is 4.79 Å². The van der Waals surface area contributed by atoms with Gasteiger partial charge in [0.25, 0.3) is 0 Å². The Bertz CT molecular complexity index is 658. The molecule has 3 heterocycles. The van der Waals surface area contributed by atoms with E-state index in [1.165, 1.54) is 4.68 Å². The lowest BCUT2D eigenvalue weighted by Crippen LogP contribution is -2.54. The second-order valence-corrected chi connectivity index (χ2v) is 5.51. The summed E-state index contributed by atoms with van der Waals surface area (Å²) in [6.07, 6.45) is 5.40. The number of hydrogen-bond donors (Lipinski definition) is 2. The molecule has 0 aromatic carbocycles. The molecular weight excluding hydrogens is 300 g/mol. The van der Waals surface area contributed by atoms with Gasteiger partial charge in [0, 0.05) is 38.3 Å². The molecule has 2 amide bonds. The quantitative estimate of drug-likeness (QED) is 0.884. The molecule has 1 saturated heterocycles. The first-order chi connectivity index (χ1) is 11.1. The van der Waals surface area contributed by atoms with Crippen LogP contribution >= 0.6 is 0 Å². The summed E-state index contributed by atoms with van der Waals surface area (Å²) in [5.41, 5.74) is -1.08. The maximum Gasteiger partial charge on any atom is 0.331 e. The lowest BCUT2D eigenvalue weighted by atomic mass is 9.88. The first-order valence-corrected chi connectivity index (χ1v) is 7.40. The van der Waals surface area contributed by atoms with E-state index < -0.39 is 11.5 Å². The number of piperidine rings is 1. The van der Waals surface area contributed by atoms with Gasteiger partial charge in [0.05, 0.1) is 12.8 Å². The number of carbonyl (C=O) groups is 2.